The van der Waals surface area contributed by atoms with Crippen LogP contribution in [0.25, 0.3) is 0 Å². The van der Waals surface area contributed by atoms with Gasteiger partial charge < -0.3 is 5.32 Å². The van der Waals surface area contributed by atoms with Crippen molar-refractivity contribution in [3.8, 4) is 0 Å². The molecule has 0 saturated heterocycles. The van der Waals surface area contributed by atoms with Crippen molar-refractivity contribution >= 4 is 18.5 Å². The molecule has 1 atom stereocenters. The van der Waals surface area contributed by atoms with Gasteiger partial charge in [-0.15, -0.1) is 0 Å². The number of aryl methyl sites for hydroxylation is 1. The largest absolute Gasteiger partial charge is 0.350 e. The van der Waals surface area contributed by atoms with Crippen molar-refractivity contribution in [1.29, 1.82) is 0 Å². The van der Waals surface area contributed by atoms with E-state index in [-0.39, 0.29) is 11.2 Å². The zero-order chi connectivity index (χ0) is 10.6. The van der Waals surface area contributed by atoms with E-state index in [0.717, 1.165) is 11.4 Å². The van der Waals surface area contributed by atoms with E-state index in [1.807, 2.05) is 25.1 Å². The van der Waals surface area contributed by atoms with Crippen LogP contribution in [0.5, 0.6) is 0 Å². The molecule has 0 aliphatic carbocycles. The minimum Gasteiger partial charge on any atom is -0.350 e. The number of rotatable bonds is 3. The first-order valence-electron chi connectivity index (χ1n) is 4.48. The van der Waals surface area contributed by atoms with Crippen LogP contribution in [0.3, 0.4) is 0 Å². The van der Waals surface area contributed by atoms with Crippen LogP contribution in [0, 0.1) is 6.92 Å². The number of hydrogen-bond acceptors (Lipinski definition) is 3. The van der Waals surface area contributed by atoms with Gasteiger partial charge >= 0.3 is 0 Å². The highest BCUT2D eigenvalue weighted by molar-refractivity contribution is 7.81. The summed E-state index contributed by atoms with van der Waals surface area (Å²) in [7, 11) is 0. The number of hydrogen-bond donors (Lipinski definition) is 2. The van der Waals surface area contributed by atoms with Crippen molar-refractivity contribution in [3.63, 3.8) is 0 Å². The van der Waals surface area contributed by atoms with Gasteiger partial charge in [-0.05, 0) is 26.0 Å². The molecule has 76 valence electrons. The Morgan fingerprint density at radius 2 is 2.36 bits per heavy atom. The van der Waals surface area contributed by atoms with Crippen molar-refractivity contribution in [1.82, 2.24) is 10.3 Å². The number of pyridine rings is 1. The van der Waals surface area contributed by atoms with E-state index in [2.05, 4.69) is 22.9 Å². The fourth-order valence-corrected chi connectivity index (χ4v) is 1.11. The SMILES string of the molecule is Cc1cccc(CNC(=O)C(C)S)n1. The fraction of sp³-hybridized carbons (Fsp3) is 0.400. The van der Waals surface area contributed by atoms with Gasteiger partial charge in [-0.25, -0.2) is 0 Å². The average Bonchev–Trinajstić information content (AvgIpc) is 2.14. The van der Waals surface area contributed by atoms with Crippen LogP contribution in [-0.2, 0) is 11.3 Å². The standard InChI is InChI=1S/C10H14N2OS/c1-7-4-3-5-9(12-7)6-11-10(13)8(2)14/h3-5,8,14H,6H2,1-2H3,(H,11,13). The third-order valence-electron chi connectivity index (χ3n) is 1.77. The second-order valence-corrected chi connectivity index (χ2v) is 3.94. The normalized spacial score (nSPS) is 12.2. The molecule has 0 aliphatic rings. The maximum atomic E-state index is 11.2. The molecule has 0 bridgehead atoms. The predicted octanol–water partition coefficient (Wildman–Crippen LogP) is 1.32. The molecule has 0 aliphatic heterocycles. The molecule has 1 aromatic rings. The highest BCUT2D eigenvalue weighted by Gasteiger charge is 2.06. The molecule has 1 N–H and O–H groups in total. The zero-order valence-corrected chi connectivity index (χ0v) is 9.21. The summed E-state index contributed by atoms with van der Waals surface area (Å²) in [6, 6.07) is 5.73. The lowest BCUT2D eigenvalue weighted by Crippen LogP contribution is -2.29. The molecule has 1 unspecified atom stereocenters. The Morgan fingerprint density at radius 3 is 2.93 bits per heavy atom. The maximum absolute atomic E-state index is 11.2. The van der Waals surface area contributed by atoms with Gasteiger partial charge in [0, 0.05) is 5.69 Å². The fourth-order valence-electron chi connectivity index (χ4n) is 1.02. The molecular formula is C10H14N2OS. The van der Waals surface area contributed by atoms with Crippen LogP contribution in [0.15, 0.2) is 18.2 Å². The van der Waals surface area contributed by atoms with E-state index in [9.17, 15) is 4.79 Å². The molecule has 1 amide bonds. The summed E-state index contributed by atoms with van der Waals surface area (Å²) in [6.07, 6.45) is 0. The molecule has 3 nitrogen and oxygen atoms in total. The first kappa shape index (κ1) is 11.0. The summed E-state index contributed by atoms with van der Waals surface area (Å²) in [4.78, 5) is 15.5. The summed E-state index contributed by atoms with van der Waals surface area (Å²) in [5.41, 5.74) is 1.82. The molecule has 0 spiro atoms. The minimum atomic E-state index is -0.278. The third kappa shape index (κ3) is 3.38. The number of carbonyl (C=O) groups excluding carboxylic acids is 1. The minimum absolute atomic E-state index is 0.0726. The van der Waals surface area contributed by atoms with Gasteiger partial charge in [0.05, 0.1) is 17.5 Å². The van der Waals surface area contributed by atoms with Gasteiger partial charge in [-0.2, -0.15) is 12.6 Å². The number of nitrogens with one attached hydrogen (secondary N) is 1. The van der Waals surface area contributed by atoms with Gasteiger partial charge in [0.25, 0.3) is 0 Å². The van der Waals surface area contributed by atoms with Gasteiger partial charge in [-0.1, -0.05) is 6.07 Å². The lowest BCUT2D eigenvalue weighted by atomic mass is 10.3. The molecule has 4 heteroatoms. The molecule has 1 heterocycles. The number of amides is 1. The monoisotopic (exact) mass is 210 g/mol. The molecule has 0 radical (unpaired) electrons. The molecule has 14 heavy (non-hydrogen) atoms. The lowest BCUT2D eigenvalue weighted by molar-refractivity contribution is -0.120. The Kier molecular flexibility index (Phi) is 3.95. The first-order chi connectivity index (χ1) is 6.59. The molecular weight excluding hydrogens is 196 g/mol. The van der Waals surface area contributed by atoms with Crippen molar-refractivity contribution in [2.45, 2.75) is 25.6 Å². The Hall–Kier alpha value is -1.03. The van der Waals surface area contributed by atoms with Crippen molar-refractivity contribution in [2.24, 2.45) is 0 Å². The molecule has 0 fully saturated rings. The summed E-state index contributed by atoms with van der Waals surface area (Å²) >= 11 is 4.03. The third-order valence-corrected chi connectivity index (χ3v) is 2.00. The predicted molar refractivity (Wildman–Crippen MR) is 59.3 cm³/mol. The molecule has 0 aromatic carbocycles. The van der Waals surface area contributed by atoms with E-state index in [0.29, 0.717) is 6.54 Å². The summed E-state index contributed by atoms with van der Waals surface area (Å²) in [6.45, 7) is 4.13. The van der Waals surface area contributed by atoms with Gasteiger partial charge in [0.2, 0.25) is 5.91 Å². The number of nitrogens with zero attached hydrogens (tertiary/aromatic N) is 1. The van der Waals surface area contributed by atoms with E-state index >= 15 is 0 Å². The van der Waals surface area contributed by atoms with Crippen LogP contribution >= 0.6 is 12.6 Å². The number of aromatic nitrogens is 1. The second-order valence-electron chi connectivity index (χ2n) is 3.16. The van der Waals surface area contributed by atoms with E-state index < -0.39 is 0 Å². The Bertz CT molecular complexity index is 326. The van der Waals surface area contributed by atoms with Gasteiger partial charge in [0.15, 0.2) is 0 Å². The smallest absolute Gasteiger partial charge is 0.232 e. The van der Waals surface area contributed by atoms with E-state index in [4.69, 9.17) is 0 Å². The van der Waals surface area contributed by atoms with Crippen molar-refractivity contribution < 1.29 is 4.79 Å². The number of thiol groups is 1. The molecule has 1 aromatic heterocycles. The van der Waals surface area contributed by atoms with Crippen LogP contribution in [-0.4, -0.2) is 16.1 Å². The Balaban J connectivity index is 2.50. The van der Waals surface area contributed by atoms with Gasteiger partial charge in [0.1, 0.15) is 0 Å². The lowest BCUT2D eigenvalue weighted by Gasteiger charge is -2.06. The highest BCUT2D eigenvalue weighted by Crippen LogP contribution is 1.98. The van der Waals surface area contributed by atoms with Crippen LogP contribution in [0.2, 0.25) is 0 Å². The maximum Gasteiger partial charge on any atom is 0.232 e. The first-order valence-corrected chi connectivity index (χ1v) is 4.99. The topological polar surface area (TPSA) is 42.0 Å². The van der Waals surface area contributed by atoms with Crippen LogP contribution < -0.4 is 5.32 Å². The van der Waals surface area contributed by atoms with Crippen LogP contribution in [0.1, 0.15) is 18.3 Å². The Morgan fingerprint density at radius 1 is 1.64 bits per heavy atom. The number of carbonyl (C=O) groups is 1. The van der Waals surface area contributed by atoms with E-state index in [1.54, 1.807) is 6.92 Å². The highest BCUT2D eigenvalue weighted by atomic mass is 32.1. The summed E-state index contributed by atoms with van der Waals surface area (Å²) in [5, 5.41) is 2.47. The second kappa shape index (κ2) is 5.00. The average molecular weight is 210 g/mol. The molecule has 0 saturated carbocycles. The van der Waals surface area contributed by atoms with Crippen LogP contribution in [0.4, 0.5) is 0 Å². The summed E-state index contributed by atoms with van der Waals surface area (Å²) in [5.74, 6) is -0.0726. The van der Waals surface area contributed by atoms with Gasteiger partial charge in [-0.3, -0.25) is 9.78 Å². The van der Waals surface area contributed by atoms with Crippen molar-refractivity contribution in [3.05, 3.63) is 29.6 Å². The quantitative estimate of drug-likeness (QED) is 0.739. The van der Waals surface area contributed by atoms with E-state index in [1.165, 1.54) is 0 Å². The molecule has 1 rings (SSSR count). The van der Waals surface area contributed by atoms with Crippen molar-refractivity contribution in [2.75, 3.05) is 0 Å². The Labute approximate surface area is 89.3 Å². The summed E-state index contributed by atoms with van der Waals surface area (Å²) < 4.78 is 0. The zero-order valence-electron chi connectivity index (χ0n) is 8.32.